The predicted molar refractivity (Wildman–Crippen MR) is 112 cm³/mol. The van der Waals surface area contributed by atoms with Gasteiger partial charge in [-0.1, -0.05) is 25.5 Å². The number of carbonyl (C=O) groups excluding carboxylic acids is 3. The van der Waals surface area contributed by atoms with Crippen LogP contribution in [0.4, 0.5) is 0 Å². The third-order valence-corrected chi connectivity index (χ3v) is 9.77. The van der Waals surface area contributed by atoms with E-state index >= 15 is 0 Å². The maximum Gasteiger partial charge on any atom is 0.313 e. The zero-order valence-electron chi connectivity index (χ0n) is 19.1. The van der Waals surface area contributed by atoms with Crippen LogP contribution in [0.25, 0.3) is 0 Å². The van der Waals surface area contributed by atoms with Crippen LogP contribution in [0.15, 0.2) is 11.6 Å². The highest BCUT2D eigenvalue weighted by Gasteiger charge is 2.80. The molecule has 0 spiro atoms. The first-order valence-electron chi connectivity index (χ1n) is 11.8. The Balaban J connectivity index is 1.39. The maximum absolute atomic E-state index is 13.1. The molecule has 6 heteroatoms. The van der Waals surface area contributed by atoms with Crippen LogP contribution in [0.5, 0.6) is 0 Å². The number of rotatable bonds is 4. The van der Waals surface area contributed by atoms with Gasteiger partial charge in [-0.2, -0.15) is 0 Å². The van der Waals surface area contributed by atoms with Crippen molar-refractivity contribution < 1.29 is 28.6 Å². The van der Waals surface area contributed by atoms with E-state index in [1.165, 1.54) is 19.6 Å². The second kappa shape index (κ2) is 6.90. The van der Waals surface area contributed by atoms with Gasteiger partial charge in [0.05, 0.1) is 13.2 Å². The lowest BCUT2D eigenvalue weighted by Crippen LogP contribution is -2.54. The molecule has 31 heavy (non-hydrogen) atoms. The summed E-state index contributed by atoms with van der Waals surface area (Å²) in [5.74, 6) is 0.812. The summed E-state index contributed by atoms with van der Waals surface area (Å²) >= 11 is 0. The zero-order chi connectivity index (χ0) is 22.2. The molecule has 3 saturated carbocycles. The first-order valence-corrected chi connectivity index (χ1v) is 11.8. The quantitative estimate of drug-likeness (QED) is 0.292. The van der Waals surface area contributed by atoms with Crippen molar-refractivity contribution in [1.29, 1.82) is 0 Å². The van der Waals surface area contributed by atoms with Gasteiger partial charge in [-0.3, -0.25) is 14.4 Å². The molecule has 5 rings (SSSR count). The fourth-order valence-electron chi connectivity index (χ4n) is 8.21. The van der Waals surface area contributed by atoms with Crippen LogP contribution in [0.2, 0.25) is 0 Å². The number of epoxide rings is 1. The van der Waals surface area contributed by atoms with E-state index in [-0.39, 0.29) is 41.2 Å². The molecule has 8 atom stereocenters. The minimum atomic E-state index is -0.783. The van der Waals surface area contributed by atoms with E-state index < -0.39 is 11.6 Å². The van der Waals surface area contributed by atoms with Crippen molar-refractivity contribution in [2.45, 2.75) is 89.9 Å². The number of carbonyl (C=O) groups is 3. The molecule has 5 aliphatic rings. The van der Waals surface area contributed by atoms with Gasteiger partial charge < -0.3 is 14.2 Å². The van der Waals surface area contributed by atoms with E-state index in [1.54, 1.807) is 0 Å². The van der Waals surface area contributed by atoms with Crippen LogP contribution in [-0.4, -0.2) is 42.6 Å². The number of hydrogen-bond donors (Lipinski definition) is 0. The second-order valence-electron chi connectivity index (χ2n) is 10.9. The molecule has 1 aliphatic heterocycles. The molecule has 0 aromatic heterocycles. The summed E-state index contributed by atoms with van der Waals surface area (Å²) in [6, 6.07) is 0. The maximum atomic E-state index is 13.1. The van der Waals surface area contributed by atoms with Crippen molar-refractivity contribution in [2.24, 2.45) is 28.6 Å². The van der Waals surface area contributed by atoms with Crippen LogP contribution in [0, 0.1) is 28.6 Å². The minimum Gasteiger partial charge on any atom is -0.469 e. The van der Waals surface area contributed by atoms with Crippen molar-refractivity contribution in [3.05, 3.63) is 11.6 Å². The molecule has 0 unspecified atom stereocenters. The molecule has 0 N–H and O–H groups in total. The van der Waals surface area contributed by atoms with Crippen molar-refractivity contribution in [3.63, 3.8) is 0 Å². The Bertz CT molecular complexity index is 862. The number of esters is 2. The van der Waals surface area contributed by atoms with Crippen LogP contribution < -0.4 is 0 Å². The summed E-state index contributed by atoms with van der Waals surface area (Å²) in [6.07, 6.45) is 8.99. The van der Waals surface area contributed by atoms with Gasteiger partial charge in [-0.15, -0.1) is 0 Å². The van der Waals surface area contributed by atoms with Gasteiger partial charge in [0.2, 0.25) is 0 Å². The summed E-state index contributed by atoms with van der Waals surface area (Å²) in [4.78, 5) is 36.4. The number of ether oxygens (including phenoxy) is 3. The molecule has 4 aliphatic carbocycles. The fourth-order valence-corrected chi connectivity index (χ4v) is 8.21. The molecule has 0 amide bonds. The highest BCUT2D eigenvalue weighted by Crippen LogP contribution is 2.73. The smallest absolute Gasteiger partial charge is 0.313 e. The number of methoxy groups -OCH3 is 1. The average Bonchev–Trinajstić information content (AvgIpc) is 3.40. The topological polar surface area (TPSA) is 82.2 Å². The van der Waals surface area contributed by atoms with E-state index in [9.17, 15) is 14.4 Å². The first kappa shape index (κ1) is 21.2. The van der Waals surface area contributed by atoms with Crippen LogP contribution >= 0.6 is 0 Å². The number of ketones is 1. The van der Waals surface area contributed by atoms with E-state index in [2.05, 4.69) is 19.9 Å². The Kier molecular flexibility index (Phi) is 4.71. The lowest BCUT2D eigenvalue weighted by molar-refractivity contribution is -0.152. The summed E-state index contributed by atoms with van der Waals surface area (Å²) in [7, 11) is 1.33. The Morgan fingerprint density at radius 1 is 1.16 bits per heavy atom. The fraction of sp³-hybridized carbons (Fsp3) is 0.800. The van der Waals surface area contributed by atoms with Crippen LogP contribution in [-0.2, 0) is 28.6 Å². The van der Waals surface area contributed by atoms with Gasteiger partial charge in [0, 0.05) is 18.8 Å². The number of Topliss-reactive ketones (excluding diaryl/α,β-unsaturated/α-hetero) is 1. The van der Waals surface area contributed by atoms with Crippen LogP contribution in [0.1, 0.15) is 72.1 Å². The molecule has 0 bridgehead atoms. The summed E-state index contributed by atoms with van der Waals surface area (Å²) in [5.41, 5.74) is 0.623. The highest BCUT2D eigenvalue weighted by atomic mass is 16.6. The standard InChI is InChI=1S/C25H34O6/c1-14(26)30-16-7-9-23(2)15(11-16)5-6-17-18(23)8-10-24(3)19(17)12-21-25(24,31-21)20(27)13-22(28)29-4/h5,16-19,21H,6-13H2,1-4H3/t16-,17-,18+,19+,21+,23+,24+,25+/m1/s1. The highest BCUT2D eigenvalue weighted by molar-refractivity contribution is 6.03. The Morgan fingerprint density at radius 3 is 2.65 bits per heavy atom. The molecular formula is C25H34O6. The molecule has 1 saturated heterocycles. The summed E-state index contributed by atoms with van der Waals surface area (Å²) in [5, 5.41) is 0. The van der Waals surface area contributed by atoms with E-state index in [0.29, 0.717) is 17.8 Å². The number of fused-ring (bicyclic) bond motifs is 7. The van der Waals surface area contributed by atoms with E-state index in [1.807, 2.05) is 0 Å². The second-order valence-corrected chi connectivity index (χ2v) is 10.9. The molecule has 6 nitrogen and oxygen atoms in total. The Labute approximate surface area is 184 Å². The first-order chi connectivity index (χ1) is 14.7. The largest absolute Gasteiger partial charge is 0.469 e. The summed E-state index contributed by atoms with van der Waals surface area (Å²) in [6.45, 7) is 6.13. The monoisotopic (exact) mass is 430 g/mol. The Hall–Kier alpha value is -1.69. The van der Waals surface area contributed by atoms with Gasteiger partial charge in [-0.25, -0.2) is 0 Å². The summed E-state index contributed by atoms with van der Waals surface area (Å²) < 4.78 is 16.3. The van der Waals surface area contributed by atoms with Gasteiger partial charge in [0.15, 0.2) is 11.4 Å². The van der Waals surface area contributed by atoms with E-state index in [0.717, 1.165) is 44.9 Å². The van der Waals surface area contributed by atoms with E-state index in [4.69, 9.17) is 14.2 Å². The zero-order valence-corrected chi connectivity index (χ0v) is 19.1. The molecule has 0 aromatic rings. The van der Waals surface area contributed by atoms with Gasteiger partial charge in [0.1, 0.15) is 12.5 Å². The van der Waals surface area contributed by atoms with Gasteiger partial charge >= 0.3 is 11.9 Å². The van der Waals surface area contributed by atoms with Crippen molar-refractivity contribution >= 4 is 17.7 Å². The number of allylic oxidation sites excluding steroid dienone is 1. The SMILES string of the molecule is COC(=O)CC(=O)[C@]12O[C@H]1C[C@H]1[C@@H]3CC=C4C[C@H](OC(C)=O)CC[C@]4(C)[C@H]3CC[C@@]12C. The lowest BCUT2D eigenvalue weighted by Gasteiger charge is -2.58. The Morgan fingerprint density at radius 2 is 1.94 bits per heavy atom. The average molecular weight is 431 g/mol. The third-order valence-electron chi connectivity index (χ3n) is 9.77. The third kappa shape index (κ3) is 2.82. The van der Waals surface area contributed by atoms with Crippen molar-refractivity contribution in [3.8, 4) is 0 Å². The van der Waals surface area contributed by atoms with Crippen molar-refractivity contribution in [2.75, 3.05) is 7.11 Å². The number of hydrogen-bond acceptors (Lipinski definition) is 6. The van der Waals surface area contributed by atoms with Gasteiger partial charge in [0.25, 0.3) is 0 Å². The molecule has 0 aromatic carbocycles. The molecule has 0 radical (unpaired) electrons. The minimum absolute atomic E-state index is 0.00830. The lowest BCUT2D eigenvalue weighted by atomic mass is 9.47. The molecule has 170 valence electrons. The predicted octanol–water partition coefficient (Wildman–Crippen LogP) is 3.76. The normalized spacial score (nSPS) is 47.1. The van der Waals surface area contributed by atoms with Crippen LogP contribution in [0.3, 0.4) is 0 Å². The molecular weight excluding hydrogens is 396 g/mol. The van der Waals surface area contributed by atoms with Crippen molar-refractivity contribution in [1.82, 2.24) is 0 Å². The van der Waals surface area contributed by atoms with Gasteiger partial charge in [-0.05, 0) is 61.7 Å². The molecule has 1 heterocycles. The molecule has 4 fully saturated rings.